The van der Waals surface area contributed by atoms with Crippen LogP contribution in [0, 0.1) is 0 Å². The molecule has 0 radical (unpaired) electrons. The van der Waals surface area contributed by atoms with Crippen LogP contribution >= 0.6 is 27.7 Å². The molecular formula is C10H10BrN3S. The van der Waals surface area contributed by atoms with Crippen molar-refractivity contribution >= 4 is 33.5 Å². The molecule has 0 spiro atoms. The topological polar surface area (TPSA) is 54.7 Å². The third kappa shape index (κ3) is 2.03. The Morgan fingerprint density at radius 2 is 2.27 bits per heavy atom. The van der Waals surface area contributed by atoms with Crippen LogP contribution in [0.1, 0.15) is 0 Å². The summed E-state index contributed by atoms with van der Waals surface area (Å²) in [5.74, 6) is 0.596. The molecule has 0 fully saturated rings. The largest absolute Gasteiger partial charge is 0.384 e. The minimum absolute atomic E-state index is 0.596. The van der Waals surface area contributed by atoms with E-state index >= 15 is 0 Å². The van der Waals surface area contributed by atoms with Crippen molar-refractivity contribution in [2.24, 2.45) is 0 Å². The summed E-state index contributed by atoms with van der Waals surface area (Å²) in [5, 5.41) is 6.62. The third-order valence-electron chi connectivity index (χ3n) is 2.13. The van der Waals surface area contributed by atoms with E-state index in [1.807, 2.05) is 18.4 Å². The van der Waals surface area contributed by atoms with Crippen molar-refractivity contribution in [1.82, 2.24) is 10.2 Å². The lowest BCUT2D eigenvalue weighted by Gasteiger charge is -2.04. The summed E-state index contributed by atoms with van der Waals surface area (Å²) >= 11 is 5.23. The van der Waals surface area contributed by atoms with Gasteiger partial charge in [-0.05, 0) is 39.9 Å². The van der Waals surface area contributed by atoms with Crippen molar-refractivity contribution in [2.75, 3.05) is 12.0 Å². The molecule has 5 heteroatoms. The molecule has 78 valence electrons. The zero-order valence-corrected chi connectivity index (χ0v) is 10.5. The van der Waals surface area contributed by atoms with Crippen molar-refractivity contribution in [2.45, 2.75) is 4.90 Å². The van der Waals surface area contributed by atoms with Crippen LogP contribution in [0.2, 0.25) is 0 Å². The zero-order chi connectivity index (χ0) is 10.8. The van der Waals surface area contributed by atoms with Crippen molar-refractivity contribution in [1.29, 1.82) is 0 Å². The van der Waals surface area contributed by atoms with Gasteiger partial charge in [0.2, 0.25) is 0 Å². The molecule has 0 aliphatic heterocycles. The normalized spacial score (nSPS) is 10.5. The third-order valence-corrected chi connectivity index (χ3v) is 3.85. The van der Waals surface area contributed by atoms with Crippen molar-refractivity contribution in [3.8, 4) is 11.1 Å². The van der Waals surface area contributed by atoms with Gasteiger partial charge >= 0.3 is 0 Å². The molecule has 3 nitrogen and oxygen atoms in total. The maximum atomic E-state index is 5.75. The monoisotopic (exact) mass is 283 g/mol. The lowest BCUT2D eigenvalue weighted by atomic mass is 10.1. The molecule has 2 aromatic rings. The molecule has 3 N–H and O–H groups in total. The van der Waals surface area contributed by atoms with Crippen molar-refractivity contribution in [3.63, 3.8) is 0 Å². The summed E-state index contributed by atoms with van der Waals surface area (Å²) in [6.07, 6.45) is 3.78. The predicted octanol–water partition coefficient (Wildman–Crippen LogP) is 3.14. The second-order valence-corrected chi connectivity index (χ2v) is 4.75. The molecular weight excluding hydrogens is 274 g/mol. The number of aromatic amines is 1. The van der Waals surface area contributed by atoms with Crippen LogP contribution < -0.4 is 5.73 Å². The van der Waals surface area contributed by atoms with Crippen LogP contribution in [-0.2, 0) is 0 Å². The van der Waals surface area contributed by atoms with Gasteiger partial charge in [0.15, 0.2) is 0 Å². The highest BCUT2D eigenvalue weighted by Gasteiger charge is 2.06. The smallest absolute Gasteiger partial charge is 0.126 e. The maximum Gasteiger partial charge on any atom is 0.126 e. The Morgan fingerprint density at radius 3 is 2.80 bits per heavy atom. The summed E-state index contributed by atoms with van der Waals surface area (Å²) in [7, 11) is 0. The van der Waals surface area contributed by atoms with Gasteiger partial charge in [0, 0.05) is 14.9 Å². The molecule has 1 heterocycles. The quantitative estimate of drug-likeness (QED) is 0.833. The summed E-state index contributed by atoms with van der Waals surface area (Å²) in [6.45, 7) is 0. The van der Waals surface area contributed by atoms with E-state index in [-0.39, 0.29) is 0 Å². The fraction of sp³-hybridized carbons (Fsp3) is 0.100. The van der Waals surface area contributed by atoms with Crippen LogP contribution in [0.5, 0.6) is 0 Å². The summed E-state index contributed by atoms with van der Waals surface area (Å²) in [4.78, 5) is 1.21. The van der Waals surface area contributed by atoms with Gasteiger partial charge in [-0.25, -0.2) is 0 Å². The van der Waals surface area contributed by atoms with E-state index in [0.29, 0.717) is 5.82 Å². The molecule has 2 rings (SSSR count). The molecule has 0 atom stereocenters. The minimum Gasteiger partial charge on any atom is -0.384 e. The lowest BCUT2D eigenvalue weighted by Crippen LogP contribution is -1.87. The lowest BCUT2D eigenvalue weighted by molar-refractivity contribution is 1.10. The standard InChI is InChI=1S/C10H10BrN3S/c1-15-9-3-2-6(4-8(9)11)7-5-13-14-10(7)12/h2-5H,1H3,(H3,12,13,14). The predicted molar refractivity (Wildman–Crippen MR) is 67.9 cm³/mol. The number of hydrogen-bond donors (Lipinski definition) is 2. The molecule has 0 bridgehead atoms. The van der Waals surface area contributed by atoms with Gasteiger partial charge in [-0.1, -0.05) is 6.07 Å². The van der Waals surface area contributed by atoms with E-state index < -0.39 is 0 Å². The fourth-order valence-corrected chi connectivity index (χ4v) is 2.68. The number of thioether (sulfide) groups is 1. The summed E-state index contributed by atoms with van der Waals surface area (Å²) in [6, 6.07) is 6.15. The Morgan fingerprint density at radius 1 is 1.47 bits per heavy atom. The van der Waals surface area contributed by atoms with Gasteiger partial charge in [-0.2, -0.15) is 5.10 Å². The Balaban J connectivity index is 2.47. The highest BCUT2D eigenvalue weighted by molar-refractivity contribution is 9.10. The van der Waals surface area contributed by atoms with Crippen LogP contribution in [-0.4, -0.2) is 16.5 Å². The zero-order valence-electron chi connectivity index (χ0n) is 8.12. The van der Waals surface area contributed by atoms with E-state index in [2.05, 4.69) is 32.2 Å². The summed E-state index contributed by atoms with van der Waals surface area (Å²) < 4.78 is 1.08. The average molecular weight is 284 g/mol. The number of rotatable bonds is 2. The number of hydrogen-bond acceptors (Lipinski definition) is 3. The van der Waals surface area contributed by atoms with Crippen molar-refractivity contribution in [3.05, 3.63) is 28.9 Å². The van der Waals surface area contributed by atoms with Gasteiger partial charge < -0.3 is 5.73 Å². The van der Waals surface area contributed by atoms with Gasteiger partial charge in [-0.3, -0.25) is 5.10 Å². The minimum atomic E-state index is 0.596. The molecule has 0 aliphatic carbocycles. The van der Waals surface area contributed by atoms with Gasteiger partial charge in [0.05, 0.1) is 6.20 Å². The van der Waals surface area contributed by atoms with Crippen LogP contribution in [0.4, 0.5) is 5.82 Å². The molecule has 1 aromatic carbocycles. The number of aromatic nitrogens is 2. The number of H-pyrrole nitrogens is 1. The van der Waals surface area contributed by atoms with E-state index in [4.69, 9.17) is 5.73 Å². The van der Waals surface area contributed by atoms with Crippen LogP contribution in [0.3, 0.4) is 0 Å². The SMILES string of the molecule is CSc1ccc(-c2cn[nH]c2N)cc1Br. The first-order chi connectivity index (χ1) is 7.22. The molecule has 15 heavy (non-hydrogen) atoms. The van der Waals surface area contributed by atoms with Crippen LogP contribution in [0.15, 0.2) is 33.8 Å². The second kappa shape index (κ2) is 4.28. The average Bonchev–Trinajstić information content (AvgIpc) is 2.64. The Hall–Kier alpha value is -0.940. The first-order valence-corrected chi connectivity index (χ1v) is 6.37. The first kappa shape index (κ1) is 10.6. The number of nitrogens with one attached hydrogen (secondary N) is 1. The number of nitrogens with zero attached hydrogens (tertiary/aromatic N) is 1. The van der Waals surface area contributed by atoms with E-state index in [0.717, 1.165) is 15.6 Å². The molecule has 1 aromatic heterocycles. The Kier molecular flexibility index (Phi) is 3.02. The highest BCUT2D eigenvalue weighted by atomic mass is 79.9. The number of benzene rings is 1. The highest BCUT2D eigenvalue weighted by Crippen LogP contribution is 2.32. The second-order valence-electron chi connectivity index (χ2n) is 3.05. The molecule has 0 aliphatic rings. The molecule has 0 saturated carbocycles. The first-order valence-electron chi connectivity index (χ1n) is 4.35. The van der Waals surface area contributed by atoms with E-state index in [1.54, 1.807) is 18.0 Å². The Labute approximate surface area is 101 Å². The number of nitrogen functional groups attached to an aromatic ring is 1. The van der Waals surface area contributed by atoms with Gasteiger partial charge in [0.25, 0.3) is 0 Å². The van der Waals surface area contributed by atoms with Crippen LogP contribution in [0.25, 0.3) is 11.1 Å². The van der Waals surface area contributed by atoms with E-state index in [9.17, 15) is 0 Å². The van der Waals surface area contributed by atoms with Gasteiger partial charge in [0.1, 0.15) is 5.82 Å². The van der Waals surface area contributed by atoms with Gasteiger partial charge in [-0.15, -0.1) is 11.8 Å². The summed E-state index contributed by atoms with van der Waals surface area (Å²) in [5.41, 5.74) is 7.75. The maximum absolute atomic E-state index is 5.75. The Bertz CT molecular complexity index is 481. The molecule has 0 saturated heterocycles. The number of halogens is 1. The molecule has 0 amide bonds. The van der Waals surface area contributed by atoms with Crippen molar-refractivity contribution < 1.29 is 0 Å². The number of anilines is 1. The molecule has 0 unspecified atom stereocenters. The fourth-order valence-electron chi connectivity index (χ4n) is 1.36. The number of nitrogens with two attached hydrogens (primary N) is 1. The van der Waals surface area contributed by atoms with E-state index in [1.165, 1.54) is 4.90 Å².